The second-order valence-electron chi connectivity index (χ2n) is 6.32. The van der Waals surface area contributed by atoms with Crippen molar-refractivity contribution in [3.63, 3.8) is 0 Å². The molecule has 0 unspecified atom stereocenters. The molecule has 0 spiro atoms. The Kier molecular flexibility index (Phi) is 7.72. The van der Waals surface area contributed by atoms with Crippen molar-refractivity contribution in [3.05, 3.63) is 52.2 Å². The Bertz CT molecular complexity index is 1160. The number of rotatable bonds is 9. The SMILES string of the molecule is CCOc1cc(/C=N\NC(=O)c2cc3cccc(OC)c3o2)cc(Br)c1OCC(=O)OC. The zero-order valence-electron chi connectivity index (χ0n) is 17.6. The Morgan fingerprint density at radius 2 is 1.97 bits per heavy atom. The monoisotopic (exact) mass is 504 g/mol. The van der Waals surface area contributed by atoms with Crippen molar-refractivity contribution < 1.29 is 33.0 Å². The molecule has 0 atom stereocenters. The minimum atomic E-state index is -0.518. The average Bonchev–Trinajstić information content (AvgIpc) is 3.23. The van der Waals surface area contributed by atoms with Crippen molar-refractivity contribution >= 4 is 45.0 Å². The van der Waals surface area contributed by atoms with Crippen molar-refractivity contribution in [1.82, 2.24) is 5.43 Å². The fourth-order valence-corrected chi connectivity index (χ4v) is 3.36. The van der Waals surface area contributed by atoms with Gasteiger partial charge in [-0.1, -0.05) is 12.1 Å². The van der Waals surface area contributed by atoms with Gasteiger partial charge in [0, 0.05) is 5.39 Å². The molecule has 0 radical (unpaired) electrons. The quantitative estimate of drug-likeness (QED) is 0.267. The summed E-state index contributed by atoms with van der Waals surface area (Å²) in [5.74, 6) is 0.368. The van der Waals surface area contributed by atoms with Crippen LogP contribution in [-0.2, 0) is 9.53 Å². The maximum absolute atomic E-state index is 12.4. The largest absolute Gasteiger partial charge is 0.493 e. The van der Waals surface area contributed by atoms with Crippen molar-refractivity contribution in [1.29, 1.82) is 0 Å². The molecule has 9 nitrogen and oxygen atoms in total. The van der Waals surface area contributed by atoms with Crippen molar-refractivity contribution in [2.75, 3.05) is 27.4 Å². The van der Waals surface area contributed by atoms with Crippen LogP contribution in [-0.4, -0.2) is 45.5 Å². The number of benzene rings is 2. The summed E-state index contributed by atoms with van der Waals surface area (Å²) >= 11 is 3.40. The Morgan fingerprint density at radius 1 is 1.16 bits per heavy atom. The fourth-order valence-electron chi connectivity index (χ4n) is 2.79. The number of nitrogens with zero attached hydrogens (tertiary/aromatic N) is 1. The van der Waals surface area contributed by atoms with Gasteiger partial charge in [0.2, 0.25) is 0 Å². The van der Waals surface area contributed by atoms with E-state index in [0.29, 0.717) is 39.5 Å². The van der Waals surface area contributed by atoms with Crippen LogP contribution in [0.1, 0.15) is 23.0 Å². The second-order valence-corrected chi connectivity index (χ2v) is 7.17. The molecule has 0 aliphatic carbocycles. The standard InChI is InChI=1S/C22H21BrN2O7/c1-4-30-17-9-13(8-15(23)21(17)31-12-19(26)29-3)11-24-25-22(27)18-10-14-6-5-7-16(28-2)20(14)32-18/h5-11H,4,12H2,1-3H3,(H,25,27)/b24-11-. The number of ether oxygens (including phenoxy) is 4. The number of amides is 1. The molecule has 0 fully saturated rings. The number of fused-ring (bicyclic) bond motifs is 1. The first-order valence-electron chi connectivity index (χ1n) is 9.52. The van der Waals surface area contributed by atoms with Crippen LogP contribution in [0.25, 0.3) is 11.0 Å². The highest BCUT2D eigenvalue weighted by molar-refractivity contribution is 9.10. The van der Waals surface area contributed by atoms with Crippen molar-refractivity contribution in [2.45, 2.75) is 6.92 Å². The van der Waals surface area contributed by atoms with Crippen molar-refractivity contribution in [3.8, 4) is 17.2 Å². The number of methoxy groups -OCH3 is 2. The Balaban J connectivity index is 1.74. The molecule has 1 N–H and O–H groups in total. The summed E-state index contributed by atoms with van der Waals surface area (Å²) in [6.45, 7) is 1.94. The lowest BCUT2D eigenvalue weighted by Gasteiger charge is -2.13. The van der Waals surface area contributed by atoms with Gasteiger partial charge in [-0.25, -0.2) is 10.2 Å². The second kappa shape index (κ2) is 10.7. The zero-order valence-corrected chi connectivity index (χ0v) is 19.2. The van der Waals surface area contributed by atoms with Crippen molar-refractivity contribution in [2.24, 2.45) is 5.10 Å². The van der Waals surface area contributed by atoms with Crippen LogP contribution in [0.3, 0.4) is 0 Å². The molecule has 10 heteroatoms. The third-order valence-corrected chi connectivity index (χ3v) is 4.81. The highest BCUT2D eigenvalue weighted by Gasteiger charge is 2.15. The molecule has 3 aromatic rings. The van der Waals surface area contributed by atoms with Crippen LogP contribution in [0.4, 0.5) is 0 Å². The van der Waals surface area contributed by atoms with Crippen LogP contribution in [0, 0.1) is 0 Å². The van der Waals surface area contributed by atoms with Gasteiger partial charge in [-0.15, -0.1) is 0 Å². The minimum absolute atomic E-state index is 0.101. The molecule has 1 amide bonds. The number of hydrogen-bond donors (Lipinski definition) is 1. The summed E-state index contributed by atoms with van der Waals surface area (Å²) in [6.07, 6.45) is 1.44. The molecular formula is C22H21BrN2O7. The summed E-state index contributed by atoms with van der Waals surface area (Å²) in [5.41, 5.74) is 3.53. The molecule has 0 saturated carbocycles. The van der Waals surface area contributed by atoms with E-state index < -0.39 is 11.9 Å². The number of nitrogens with one attached hydrogen (secondary N) is 1. The molecule has 168 valence electrons. The van der Waals surface area contributed by atoms with E-state index in [1.54, 1.807) is 24.3 Å². The first-order valence-corrected chi connectivity index (χ1v) is 10.3. The van der Waals surface area contributed by atoms with E-state index in [2.05, 4.69) is 31.2 Å². The van der Waals surface area contributed by atoms with Gasteiger partial charge in [-0.05, 0) is 52.7 Å². The smallest absolute Gasteiger partial charge is 0.343 e. The summed E-state index contributed by atoms with van der Waals surface area (Å²) < 4.78 is 27.1. The van der Waals surface area contributed by atoms with E-state index in [1.807, 2.05) is 19.1 Å². The predicted molar refractivity (Wildman–Crippen MR) is 121 cm³/mol. The normalized spacial score (nSPS) is 10.9. The Morgan fingerprint density at radius 3 is 2.69 bits per heavy atom. The maximum atomic E-state index is 12.4. The van der Waals surface area contributed by atoms with Crippen LogP contribution >= 0.6 is 15.9 Å². The first kappa shape index (κ1) is 23.1. The number of carbonyl (C=O) groups excluding carboxylic acids is 2. The molecule has 2 aromatic carbocycles. The highest BCUT2D eigenvalue weighted by Crippen LogP contribution is 2.36. The molecule has 0 bridgehead atoms. The number of para-hydroxylation sites is 1. The molecular weight excluding hydrogens is 484 g/mol. The number of hydrogen-bond acceptors (Lipinski definition) is 8. The lowest BCUT2D eigenvalue weighted by molar-refractivity contribution is -0.142. The van der Waals surface area contributed by atoms with Crippen LogP contribution in [0.5, 0.6) is 17.2 Å². The molecule has 3 rings (SSSR count). The summed E-state index contributed by atoms with van der Waals surface area (Å²) in [4.78, 5) is 23.8. The summed E-state index contributed by atoms with van der Waals surface area (Å²) in [7, 11) is 2.81. The van der Waals surface area contributed by atoms with E-state index in [0.717, 1.165) is 5.39 Å². The number of furan rings is 1. The van der Waals surface area contributed by atoms with Gasteiger partial charge >= 0.3 is 11.9 Å². The van der Waals surface area contributed by atoms with Gasteiger partial charge in [0.25, 0.3) is 0 Å². The number of halogens is 1. The van der Waals surface area contributed by atoms with E-state index in [1.165, 1.54) is 20.4 Å². The maximum Gasteiger partial charge on any atom is 0.343 e. The fraction of sp³-hybridized carbons (Fsp3) is 0.227. The third-order valence-electron chi connectivity index (χ3n) is 4.23. The van der Waals surface area contributed by atoms with E-state index in [4.69, 9.17) is 18.6 Å². The van der Waals surface area contributed by atoms with E-state index >= 15 is 0 Å². The van der Waals surface area contributed by atoms with Gasteiger partial charge in [0.15, 0.2) is 35.2 Å². The molecule has 32 heavy (non-hydrogen) atoms. The van der Waals surface area contributed by atoms with Gasteiger partial charge in [0.1, 0.15) is 0 Å². The topological polar surface area (TPSA) is 109 Å². The number of esters is 1. The van der Waals surface area contributed by atoms with Crippen LogP contribution in [0.2, 0.25) is 0 Å². The lowest BCUT2D eigenvalue weighted by atomic mass is 10.2. The lowest BCUT2D eigenvalue weighted by Crippen LogP contribution is -2.16. The summed E-state index contributed by atoms with van der Waals surface area (Å²) in [5, 5.41) is 4.73. The molecule has 0 aliphatic heterocycles. The summed E-state index contributed by atoms with van der Waals surface area (Å²) in [6, 6.07) is 10.4. The number of hydrazone groups is 1. The average molecular weight is 505 g/mol. The van der Waals surface area contributed by atoms with Crippen LogP contribution in [0.15, 0.2) is 50.4 Å². The molecule has 0 saturated heterocycles. The van der Waals surface area contributed by atoms with Gasteiger partial charge < -0.3 is 23.4 Å². The third kappa shape index (κ3) is 5.38. The molecule has 1 heterocycles. The first-order chi connectivity index (χ1) is 15.5. The Labute approximate surface area is 192 Å². The van der Waals surface area contributed by atoms with E-state index in [-0.39, 0.29) is 12.4 Å². The van der Waals surface area contributed by atoms with Gasteiger partial charge in [-0.3, -0.25) is 4.79 Å². The van der Waals surface area contributed by atoms with Gasteiger partial charge in [-0.2, -0.15) is 5.10 Å². The minimum Gasteiger partial charge on any atom is -0.493 e. The zero-order chi connectivity index (χ0) is 23.1. The predicted octanol–water partition coefficient (Wildman–Crippen LogP) is 3.92. The number of carbonyl (C=O) groups is 2. The molecule has 1 aromatic heterocycles. The highest BCUT2D eigenvalue weighted by atomic mass is 79.9. The van der Waals surface area contributed by atoms with Crippen LogP contribution < -0.4 is 19.6 Å². The van der Waals surface area contributed by atoms with Gasteiger partial charge in [0.05, 0.1) is 31.5 Å². The Hall–Kier alpha value is -3.53. The van der Waals surface area contributed by atoms with E-state index in [9.17, 15) is 9.59 Å². The molecule has 0 aliphatic rings.